The first-order chi connectivity index (χ1) is 8.26. The highest BCUT2D eigenvalue weighted by atomic mass is 16.4. The van der Waals surface area contributed by atoms with Crippen LogP contribution in [0.15, 0.2) is 0 Å². The van der Waals surface area contributed by atoms with Crippen molar-refractivity contribution >= 4 is 5.97 Å². The van der Waals surface area contributed by atoms with Crippen LogP contribution in [0.4, 0.5) is 0 Å². The Labute approximate surface area is 109 Å². The molecule has 3 nitrogen and oxygen atoms in total. The lowest BCUT2D eigenvalue weighted by molar-refractivity contribution is -0.164. The molecule has 3 aliphatic rings. The minimum absolute atomic E-state index is 0.0591. The van der Waals surface area contributed by atoms with Gasteiger partial charge in [-0.25, -0.2) is 0 Å². The topological polar surface area (TPSA) is 57.5 Å². The predicted octanol–water partition coefficient (Wildman–Crippen LogP) is 2.67. The molecule has 0 heterocycles. The number of carbonyl (C=O) groups is 1. The monoisotopic (exact) mass is 252 g/mol. The molecule has 18 heavy (non-hydrogen) atoms. The highest BCUT2D eigenvalue weighted by Crippen LogP contribution is 2.72. The highest BCUT2D eigenvalue weighted by molar-refractivity contribution is 5.76. The zero-order valence-electron chi connectivity index (χ0n) is 11.6. The maximum absolute atomic E-state index is 11.7. The zero-order chi connectivity index (χ0) is 13.3. The van der Waals surface area contributed by atoms with Gasteiger partial charge >= 0.3 is 5.97 Å². The van der Waals surface area contributed by atoms with Crippen LogP contribution in [0.25, 0.3) is 0 Å². The molecule has 6 atom stereocenters. The standard InChI is InChI=1S/C15H24O3/c1-9-4-5-11-14(3,12(16)17)8-13(2)7-6-10(9)15(11,13)18/h9-11,18H,4-8H2,1-3H3,(H,16,17)/t9-,10+,11+,13+,14-,15-/m1/s1. The van der Waals surface area contributed by atoms with E-state index in [1.54, 1.807) is 0 Å². The van der Waals surface area contributed by atoms with Gasteiger partial charge in [0.15, 0.2) is 0 Å². The average Bonchev–Trinajstić information content (AvgIpc) is 2.61. The quantitative estimate of drug-likeness (QED) is 0.754. The van der Waals surface area contributed by atoms with Crippen LogP contribution in [0.2, 0.25) is 0 Å². The van der Waals surface area contributed by atoms with Crippen molar-refractivity contribution in [1.82, 2.24) is 0 Å². The molecule has 3 heteroatoms. The Hall–Kier alpha value is -0.570. The predicted molar refractivity (Wildman–Crippen MR) is 68.0 cm³/mol. The van der Waals surface area contributed by atoms with Crippen molar-refractivity contribution < 1.29 is 15.0 Å². The van der Waals surface area contributed by atoms with Gasteiger partial charge in [-0.1, -0.05) is 13.8 Å². The van der Waals surface area contributed by atoms with Crippen LogP contribution >= 0.6 is 0 Å². The first kappa shape index (κ1) is 12.5. The van der Waals surface area contributed by atoms with Crippen LogP contribution in [0.3, 0.4) is 0 Å². The summed E-state index contributed by atoms with van der Waals surface area (Å²) < 4.78 is 0. The van der Waals surface area contributed by atoms with Crippen molar-refractivity contribution in [3.05, 3.63) is 0 Å². The highest BCUT2D eigenvalue weighted by Gasteiger charge is 2.74. The summed E-state index contributed by atoms with van der Waals surface area (Å²) in [6.45, 7) is 6.20. The number of aliphatic hydroxyl groups is 1. The van der Waals surface area contributed by atoms with E-state index in [1.165, 1.54) is 0 Å². The van der Waals surface area contributed by atoms with E-state index in [1.807, 2.05) is 6.92 Å². The summed E-state index contributed by atoms with van der Waals surface area (Å²) in [5.41, 5.74) is -1.66. The maximum atomic E-state index is 11.7. The molecular formula is C15H24O3. The lowest BCUT2D eigenvalue weighted by Gasteiger charge is -2.49. The van der Waals surface area contributed by atoms with Gasteiger partial charge in [0.2, 0.25) is 0 Å². The third-order valence-electron chi connectivity index (χ3n) is 6.68. The fraction of sp³-hybridized carbons (Fsp3) is 0.933. The Balaban J connectivity index is 2.12. The molecule has 0 aromatic carbocycles. The molecule has 0 aliphatic heterocycles. The van der Waals surface area contributed by atoms with Crippen LogP contribution in [0.5, 0.6) is 0 Å². The Morgan fingerprint density at radius 2 is 1.89 bits per heavy atom. The lowest BCUT2D eigenvalue weighted by Crippen LogP contribution is -2.54. The van der Waals surface area contributed by atoms with Gasteiger partial charge in [0.1, 0.15) is 0 Å². The van der Waals surface area contributed by atoms with Gasteiger partial charge in [0.25, 0.3) is 0 Å². The second-order valence-electron chi connectivity index (χ2n) is 7.54. The zero-order valence-corrected chi connectivity index (χ0v) is 11.6. The Morgan fingerprint density at radius 3 is 2.50 bits per heavy atom. The van der Waals surface area contributed by atoms with Crippen LogP contribution < -0.4 is 0 Å². The number of hydrogen-bond donors (Lipinski definition) is 2. The van der Waals surface area contributed by atoms with E-state index in [-0.39, 0.29) is 11.3 Å². The summed E-state index contributed by atoms with van der Waals surface area (Å²) in [5, 5.41) is 21.0. The molecule has 3 saturated carbocycles. The summed E-state index contributed by atoms with van der Waals surface area (Å²) >= 11 is 0. The molecular weight excluding hydrogens is 228 g/mol. The van der Waals surface area contributed by atoms with Gasteiger partial charge < -0.3 is 10.2 Å². The summed E-state index contributed by atoms with van der Waals surface area (Å²) in [6.07, 6.45) is 4.63. The van der Waals surface area contributed by atoms with Crippen LogP contribution in [-0.2, 0) is 4.79 Å². The van der Waals surface area contributed by atoms with Gasteiger partial charge in [-0.3, -0.25) is 4.79 Å². The lowest BCUT2D eigenvalue weighted by atomic mass is 9.60. The number of carboxylic acids is 1. The third-order valence-corrected chi connectivity index (χ3v) is 6.68. The van der Waals surface area contributed by atoms with E-state index in [2.05, 4.69) is 13.8 Å². The number of carboxylic acid groups (broad SMARTS) is 1. The average molecular weight is 252 g/mol. The first-order valence-electron chi connectivity index (χ1n) is 7.21. The van der Waals surface area contributed by atoms with E-state index in [0.717, 1.165) is 25.7 Å². The summed E-state index contributed by atoms with van der Waals surface area (Å²) in [5.74, 6) is 0.0627. The van der Waals surface area contributed by atoms with Crippen LogP contribution in [-0.4, -0.2) is 21.8 Å². The summed E-state index contributed by atoms with van der Waals surface area (Å²) in [4.78, 5) is 11.7. The molecule has 0 saturated heterocycles. The Morgan fingerprint density at radius 1 is 1.22 bits per heavy atom. The molecule has 0 spiro atoms. The largest absolute Gasteiger partial charge is 0.481 e. The molecule has 0 radical (unpaired) electrons. The number of aliphatic carboxylic acids is 1. The van der Waals surface area contributed by atoms with Crippen molar-refractivity contribution in [3.8, 4) is 0 Å². The van der Waals surface area contributed by atoms with Crippen molar-refractivity contribution in [2.75, 3.05) is 0 Å². The molecule has 3 aliphatic carbocycles. The molecule has 0 unspecified atom stereocenters. The second kappa shape index (κ2) is 3.30. The van der Waals surface area contributed by atoms with Gasteiger partial charge in [-0.05, 0) is 56.3 Å². The first-order valence-corrected chi connectivity index (χ1v) is 7.21. The minimum atomic E-state index is -0.738. The fourth-order valence-corrected chi connectivity index (χ4v) is 5.78. The molecule has 3 rings (SSSR count). The van der Waals surface area contributed by atoms with Crippen LogP contribution in [0, 0.1) is 28.6 Å². The molecule has 0 bridgehead atoms. The molecule has 3 fully saturated rings. The normalized spacial score (nSPS) is 58.6. The second-order valence-corrected chi connectivity index (χ2v) is 7.54. The SMILES string of the molecule is C[C@@H]1CC[C@@H]2[C@]3(O)[C@H]1CC[C@@]3(C)C[C@@]2(C)C(=O)O. The summed E-state index contributed by atoms with van der Waals surface area (Å²) in [7, 11) is 0. The maximum Gasteiger partial charge on any atom is 0.309 e. The Bertz CT molecular complexity index is 407. The summed E-state index contributed by atoms with van der Waals surface area (Å²) in [6, 6.07) is 0. The van der Waals surface area contributed by atoms with Crippen molar-refractivity contribution in [2.45, 2.75) is 58.5 Å². The van der Waals surface area contributed by atoms with Crippen molar-refractivity contribution in [3.63, 3.8) is 0 Å². The Kier molecular flexibility index (Phi) is 2.28. The number of hydrogen-bond acceptors (Lipinski definition) is 2. The molecule has 0 amide bonds. The molecule has 2 N–H and O–H groups in total. The van der Waals surface area contributed by atoms with E-state index < -0.39 is 17.0 Å². The van der Waals surface area contributed by atoms with E-state index in [0.29, 0.717) is 18.3 Å². The molecule has 102 valence electrons. The van der Waals surface area contributed by atoms with Gasteiger partial charge in [-0.15, -0.1) is 0 Å². The van der Waals surface area contributed by atoms with Crippen molar-refractivity contribution in [1.29, 1.82) is 0 Å². The number of rotatable bonds is 1. The fourth-order valence-electron chi connectivity index (χ4n) is 5.78. The smallest absolute Gasteiger partial charge is 0.309 e. The van der Waals surface area contributed by atoms with E-state index in [4.69, 9.17) is 0 Å². The third kappa shape index (κ3) is 1.13. The van der Waals surface area contributed by atoms with Gasteiger partial charge in [-0.2, -0.15) is 0 Å². The van der Waals surface area contributed by atoms with Gasteiger partial charge in [0.05, 0.1) is 11.0 Å². The van der Waals surface area contributed by atoms with Crippen molar-refractivity contribution in [2.24, 2.45) is 28.6 Å². The van der Waals surface area contributed by atoms with E-state index >= 15 is 0 Å². The molecule has 0 aromatic heterocycles. The van der Waals surface area contributed by atoms with E-state index in [9.17, 15) is 15.0 Å². The minimum Gasteiger partial charge on any atom is -0.481 e. The molecule has 0 aromatic rings. The van der Waals surface area contributed by atoms with Gasteiger partial charge in [0, 0.05) is 5.92 Å². The van der Waals surface area contributed by atoms with Crippen LogP contribution in [0.1, 0.15) is 52.9 Å².